The Morgan fingerprint density at radius 2 is 1.73 bits per heavy atom. The minimum Gasteiger partial charge on any atom is -0.385 e. The van der Waals surface area contributed by atoms with Crippen LogP contribution < -0.4 is 4.90 Å². The van der Waals surface area contributed by atoms with Crippen molar-refractivity contribution in [3.8, 4) is 0 Å². The fourth-order valence-corrected chi connectivity index (χ4v) is 2.26. The van der Waals surface area contributed by atoms with Crippen molar-refractivity contribution in [3.05, 3.63) is 35.9 Å². The van der Waals surface area contributed by atoms with Crippen LogP contribution in [0.15, 0.2) is 30.3 Å². The van der Waals surface area contributed by atoms with Gasteiger partial charge in [-0.15, -0.1) is 0 Å². The van der Waals surface area contributed by atoms with E-state index in [4.69, 9.17) is 4.74 Å². The van der Waals surface area contributed by atoms with Gasteiger partial charge in [0.05, 0.1) is 19.7 Å². The lowest BCUT2D eigenvalue weighted by Crippen LogP contribution is -3.12. The van der Waals surface area contributed by atoms with Gasteiger partial charge in [0, 0.05) is 6.42 Å². The lowest BCUT2D eigenvalue weighted by atomic mass is 10.1. The molecule has 6 heteroatoms. The number of aliphatic hydroxyl groups excluding tert-OH is 1. The van der Waals surface area contributed by atoms with E-state index in [9.17, 15) is 18.3 Å². The minimum absolute atomic E-state index is 0.241. The zero-order valence-corrected chi connectivity index (χ0v) is 13.1. The Morgan fingerprint density at radius 1 is 1.14 bits per heavy atom. The van der Waals surface area contributed by atoms with Gasteiger partial charge in [-0.2, -0.15) is 13.2 Å². The summed E-state index contributed by atoms with van der Waals surface area (Å²) in [6.07, 6.45) is -7.47. The smallest absolute Gasteiger partial charge is 0.385 e. The van der Waals surface area contributed by atoms with E-state index >= 15 is 0 Å². The minimum atomic E-state index is -4.45. The first-order valence-corrected chi connectivity index (χ1v) is 7.60. The number of quaternary nitrogens is 1. The maximum absolute atomic E-state index is 13.0. The highest BCUT2D eigenvalue weighted by Crippen LogP contribution is 2.26. The van der Waals surface area contributed by atoms with E-state index in [2.05, 4.69) is 0 Å². The number of aliphatic hydroxyl groups is 1. The summed E-state index contributed by atoms with van der Waals surface area (Å²) in [5.41, 5.74) is 0.564. The van der Waals surface area contributed by atoms with Gasteiger partial charge in [-0.3, -0.25) is 0 Å². The summed E-state index contributed by atoms with van der Waals surface area (Å²) < 4.78 is 44.1. The van der Waals surface area contributed by atoms with Crippen LogP contribution in [0.4, 0.5) is 13.2 Å². The summed E-state index contributed by atoms with van der Waals surface area (Å²) >= 11 is 0. The van der Waals surface area contributed by atoms with E-state index in [-0.39, 0.29) is 13.0 Å². The van der Waals surface area contributed by atoms with E-state index < -0.39 is 18.4 Å². The summed E-state index contributed by atoms with van der Waals surface area (Å²) in [6.45, 7) is 5.67. The topological polar surface area (TPSA) is 33.9 Å². The van der Waals surface area contributed by atoms with Gasteiger partial charge >= 0.3 is 6.18 Å². The second kappa shape index (κ2) is 9.12. The van der Waals surface area contributed by atoms with Crippen molar-refractivity contribution in [2.45, 2.75) is 38.7 Å². The Balaban J connectivity index is 2.55. The van der Waals surface area contributed by atoms with E-state index in [1.54, 1.807) is 30.3 Å². The number of halogens is 3. The van der Waals surface area contributed by atoms with Crippen molar-refractivity contribution in [1.82, 2.24) is 0 Å². The van der Waals surface area contributed by atoms with Crippen molar-refractivity contribution in [2.24, 2.45) is 0 Å². The highest BCUT2D eigenvalue weighted by Gasteiger charge is 2.41. The fourth-order valence-electron chi connectivity index (χ4n) is 2.26. The van der Waals surface area contributed by atoms with Crippen LogP contribution in [0.25, 0.3) is 0 Å². The molecule has 0 heterocycles. The second-order valence-electron chi connectivity index (χ2n) is 5.37. The summed E-state index contributed by atoms with van der Waals surface area (Å²) in [4.78, 5) is 1.13. The Kier molecular flexibility index (Phi) is 7.85. The Morgan fingerprint density at radius 3 is 2.23 bits per heavy atom. The zero-order chi connectivity index (χ0) is 16.6. The number of nitrogens with one attached hydrogen (secondary N) is 1. The molecule has 2 atom stereocenters. The first-order chi connectivity index (χ1) is 10.4. The molecule has 0 aliphatic carbocycles. The molecule has 1 aromatic carbocycles. The lowest BCUT2D eigenvalue weighted by Gasteiger charge is -2.24. The van der Waals surface area contributed by atoms with Crippen LogP contribution in [0.5, 0.6) is 0 Å². The van der Waals surface area contributed by atoms with Crippen molar-refractivity contribution in [2.75, 3.05) is 26.2 Å². The van der Waals surface area contributed by atoms with Gasteiger partial charge in [-0.1, -0.05) is 30.3 Å². The summed E-state index contributed by atoms with van der Waals surface area (Å²) in [5.74, 6) is 0. The molecule has 1 aromatic rings. The van der Waals surface area contributed by atoms with Crippen LogP contribution in [0.3, 0.4) is 0 Å². The average Bonchev–Trinajstić information content (AvgIpc) is 2.48. The van der Waals surface area contributed by atoms with Crippen LogP contribution >= 0.6 is 0 Å². The molecule has 0 unspecified atom stereocenters. The number of benzene rings is 1. The largest absolute Gasteiger partial charge is 0.414 e. The number of alkyl halides is 3. The molecule has 22 heavy (non-hydrogen) atoms. The standard InChI is InChI=1S/C16H24F3NO2/c1-3-20(4-2)11-14(21)12-22-15(16(17,18)19)10-13-8-6-5-7-9-13/h5-9,14-15,21H,3-4,10-12H2,1-2H3/p+1/t14-,15-/m1/s1. The molecule has 2 N–H and O–H groups in total. The Labute approximate surface area is 129 Å². The SMILES string of the molecule is CC[NH+](CC)C[C@@H](O)CO[C@H](Cc1ccccc1)C(F)(F)F. The molecule has 0 saturated heterocycles. The molecular weight excluding hydrogens is 295 g/mol. The highest BCUT2D eigenvalue weighted by atomic mass is 19.4. The van der Waals surface area contributed by atoms with Crippen molar-refractivity contribution < 1.29 is 27.9 Å². The van der Waals surface area contributed by atoms with Crippen LogP contribution in [0.2, 0.25) is 0 Å². The summed E-state index contributed by atoms with van der Waals surface area (Å²) in [5, 5.41) is 9.85. The van der Waals surface area contributed by atoms with Crippen LogP contribution in [0, 0.1) is 0 Å². The summed E-state index contributed by atoms with van der Waals surface area (Å²) in [7, 11) is 0. The quantitative estimate of drug-likeness (QED) is 0.722. The second-order valence-corrected chi connectivity index (χ2v) is 5.37. The van der Waals surface area contributed by atoms with Gasteiger partial charge in [0.2, 0.25) is 0 Å². The van der Waals surface area contributed by atoms with E-state index in [0.29, 0.717) is 12.1 Å². The molecule has 0 spiro atoms. The van der Waals surface area contributed by atoms with Crippen molar-refractivity contribution in [3.63, 3.8) is 0 Å². The molecule has 0 aromatic heterocycles. The monoisotopic (exact) mass is 320 g/mol. The lowest BCUT2D eigenvalue weighted by molar-refractivity contribution is -0.899. The van der Waals surface area contributed by atoms with E-state index in [1.807, 2.05) is 13.8 Å². The molecule has 0 bridgehead atoms. The van der Waals surface area contributed by atoms with Gasteiger partial charge in [-0.05, 0) is 19.4 Å². The maximum Gasteiger partial charge on any atom is 0.414 e. The Bertz CT molecular complexity index is 408. The zero-order valence-electron chi connectivity index (χ0n) is 13.1. The third-order valence-corrected chi connectivity index (χ3v) is 3.64. The molecule has 0 fully saturated rings. The average molecular weight is 320 g/mol. The normalized spacial score (nSPS) is 15.0. The van der Waals surface area contributed by atoms with Gasteiger partial charge in [0.1, 0.15) is 12.6 Å². The number of ether oxygens (including phenoxy) is 1. The number of rotatable bonds is 9. The molecule has 0 radical (unpaired) electrons. The molecular formula is C16H25F3NO2+. The molecule has 0 amide bonds. The van der Waals surface area contributed by atoms with Crippen LogP contribution in [-0.4, -0.2) is 49.7 Å². The predicted molar refractivity (Wildman–Crippen MR) is 78.9 cm³/mol. The predicted octanol–water partition coefficient (Wildman–Crippen LogP) is 1.46. The van der Waals surface area contributed by atoms with Crippen LogP contribution in [-0.2, 0) is 11.2 Å². The third-order valence-electron chi connectivity index (χ3n) is 3.64. The van der Waals surface area contributed by atoms with Crippen LogP contribution in [0.1, 0.15) is 19.4 Å². The molecule has 0 aliphatic heterocycles. The number of hydrogen-bond donors (Lipinski definition) is 2. The molecule has 126 valence electrons. The first kappa shape index (κ1) is 18.9. The first-order valence-electron chi connectivity index (χ1n) is 7.60. The van der Waals surface area contributed by atoms with Crippen molar-refractivity contribution in [1.29, 1.82) is 0 Å². The highest BCUT2D eigenvalue weighted by molar-refractivity contribution is 5.15. The van der Waals surface area contributed by atoms with Gasteiger partial charge < -0.3 is 14.7 Å². The molecule has 3 nitrogen and oxygen atoms in total. The summed E-state index contributed by atoms with van der Waals surface area (Å²) in [6, 6.07) is 8.42. The van der Waals surface area contributed by atoms with Gasteiger partial charge in [0.15, 0.2) is 6.10 Å². The fraction of sp³-hybridized carbons (Fsp3) is 0.625. The maximum atomic E-state index is 13.0. The number of likely N-dealkylation sites (N-methyl/N-ethyl adjacent to an activating group) is 1. The third kappa shape index (κ3) is 6.77. The van der Waals surface area contributed by atoms with Crippen molar-refractivity contribution >= 4 is 0 Å². The molecule has 0 saturated carbocycles. The molecule has 1 rings (SSSR count). The van der Waals surface area contributed by atoms with E-state index in [1.165, 1.54) is 0 Å². The van der Waals surface area contributed by atoms with Gasteiger partial charge in [0.25, 0.3) is 0 Å². The van der Waals surface area contributed by atoms with Gasteiger partial charge in [-0.25, -0.2) is 0 Å². The number of hydrogen-bond acceptors (Lipinski definition) is 2. The van der Waals surface area contributed by atoms with E-state index in [0.717, 1.165) is 18.0 Å². The molecule has 0 aliphatic rings. The Hall–Kier alpha value is -1.11.